The van der Waals surface area contributed by atoms with Crippen LogP contribution in [0.3, 0.4) is 0 Å². The van der Waals surface area contributed by atoms with Crippen molar-refractivity contribution in [2.75, 3.05) is 37.1 Å². The molecule has 2 atom stereocenters. The third-order valence-corrected chi connectivity index (χ3v) is 7.04. The predicted octanol–water partition coefficient (Wildman–Crippen LogP) is 3.83. The molecule has 1 amide bonds. The fourth-order valence-electron chi connectivity index (χ4n) is 5.32. The van der Waals surface area contributed by atoms with E-state index in [9.17, 15) is 19.6 Å². The van der Waals surface area contributed by atoms with Gasteiger partial charge in [0.2, 0.25) is 0 Å². The molecule has 1 saturated heterocycles. The molecule has 43 heavy (non-hydrogen) atoms. The number of allylic oxidation sites excluding steroid dienone is 1. The maximum Gasteiger partial charge on any atom is 0.407 e. The molecule has 2 aromatic rings. The Hall–Kier alpha value is -5.05. The van der Waals surface area contributed by atoms with Gasteiger partial charge in [-0.15, -0.1) is 0 Å². The van der Waals surface area contributed by atoms with Crippen molar-refractivity contribution in [3.05, 3.63) is 82.6 Å². The summed E-state index contributed by atoms with van der Waals surface area (Å²) in [5, 5.41) is 13.1. The number of amides is 1. The lowest BCUT2D eigenvalue weighted by Gasteiger charge is -2.37. The molecule has 11 nitrogen and oxygen atoms in total. The Bertz CT molecular complexity index is 1530. The van der Waals surface area contributed by atoms with Crippen LogP contribution in [-0.2, 0) is 23.8 Å². The van der Waals surface area contributed by atoms with Crippen LogP contribution in [0.1, 0.15) is 38.7 Å². The first-order valence-electron chi connectivity index (χ1n) is 13.6. The van der Waals surface area contributed by atoms with Crippen LogP contribution in [0.5, 0.6) is 0 Å². The van der Waals surface area contributed by atoms with Crippen LogP contribution in [0.15, 0.2) is 71.2 Å². The topological polar surface area (TPSA) is 147 Å². The number of ether oxygens (including phenoxy) is 3. The quantitative estimate of drug-likeness (QED) is 0.375. The van der Waals surface area contributed by atoms with Gasteiger partial charge in [0.05, 0.1) is 54.8 Å². The Morgan fingerprint density at radius 2 is 1.72 bits per heavy atom. The Balaban J connectivity index is 1.87. The molecule has 2 unspecified atom stereocenters. The summed E-state index contributed by atoms with van der Waals surface area (Å²) in [7, 11) is 2.29. The summed E-state index contributed by atoms with van der Waals surface area (Å²) in [6.07, 6.45) is -0.120. The molecule has 0 spiro atoms. The lowest BCUT2D eigenvalue weighted by molar-refractivity contribution is -0.139. The normalized spacial score (nSPS) is 18.7. The molecule has 3 N–H and O–H groups in total. The van der Waals surface area contributed by atoms with E-state index in [1.165, 1.54) is 23.1 Å². The van der Waals surface area contributed by atoms with Crippen molar-refractivity contribution in [3.8, 4) is 6.07 Å². The minimum absolute atomic E-state index is 0.0413. The maximum absolute atomic E-state index is 15.7. The number of benzene rings is 2. The van der Waals surface area contributed by atoms with Gasteiger partial charge in [-0.1, -0.05) is 36.4 Å². The summed E-state index contributed by atoms with van der Waals surface area (Å²) in [5.74, 6) is -3.72. The molecule has 4 rings (SSSR count). The second-order valence-corrected chi connectivity index (χ2v) is 11.0. The summed E-state index contributed by atoms with van der Waals surface area (Å²) < 4.78 is 31.2. The minimum Gasteiger partial charge on any atom is -0.466 e. The van der Waals surface area contributed by atoms with Crippen LogP contribution in [0.2, 0.25) is 0 Å². The Morgan fingerprint density at radius 1 is 1.05 bits per heavy atom. The van der Waals surface area contributed by atoms with E-state index in [4.69, 9.17) is 19.9 Å². The van der Waals surface area contributed by atoms with Crippen LogP contribution in [0, 0.1) is 17.1 Å². The highest BCUT2D eigenvalue weighted by molar-refractivity contribution is 6.07. The van der Waals surface area contributed by atoms with Crippen LogP contribution >= 0.6 is 0 Å². The van der Waals surface area contributed by atoms with E-state index in [-0.39, 0.29) is 46.6 Å². The lowest BCUT2D eigenvalue weighted by atomic mass is 9.81. The minimum atomic E-state index is -1.06. The van der Waals surface area contributed by atoms with Crippen molar-refractivity contribution in [1.29, 1.82) is 5.26 Å². The predicted molar refractivity (Wildman–Crippen MR) is 156 cm³/mol. The molecular formula is C31H34FN5O6. The third kappa shape index (κ3) is 6.25. The summed E-state index contributed by atoms with van der Waals surface area (Å²) in [5.41, 5.74) is 6.06. The lowest BCUT2D eigenvalue weighted by Crippen LogP contribution is -2.42. The monoisotopic (exact) mass is 591 g/mol. The molecule has 0 aromatic heterocycles. The number of nitriles is 1. The number of halogens is 1. The summed E-state index contributed by atoms with van der Waals surface area (Å²) in [6, 6.07) is 14.5. The molecule has 1 fully saturated rings. The van der Waals surface area contributed by atoms with Gasteiger partial charge in [0.25, 0.3) is 0 Å². The van der Waals surface area contributed by atoms with Crippen molar-refractivity contribution in [3.63, 3.8) is 0 Å². The van der Waals surface area contributed by atoms with Crippen molar-refractivity contribution in [1.82, 2.24) is 5.32 Å². The average molecular weight is 592 g/mol. The van der Waals surface area contributed by atoms with E-state index >= 15 is 4.39 Å². The molecule has 226 valence electrons. The zero-order valence-corrected chi connectivity index (χ0v) is 24.6. The number of anilines is 2. The number of carbonyl (C=O) groups is 3. The van der Waals surface area contributed by atoms with E-state index < -0.39 is 35.4 Å². The molecular weight excluding hydrogens is 557 g/mol. The van der Waals surface area contributed by atoms with Crippen molar-refractivity contribution in [2.45, 2.75) is 44.8 Å². The highest BCUT2D eigenvalue weighted by Crippen LogP contribution is 2.46. The fraction of sp³-hybridized carbons (Fsp3) is 0.355. The number of hydrogen-bond donors (Lipinski definition) is 2. The number of methoxy groups -OCH3 is 2. The summed E-state index contributed by atoms with van der Waals surface area (Å²) in [6.45, 7) is 5.81. The largest absolute Gasteiger partial charge is 0.466 e. The number of nitrogens with zero attached hydrogens (tertiary/aromatic N) is 3. The highest BCUT2D eigenvalue weighted by atomic mass is 19.1. The summed E-state index contributed by atoms with van der Waals surface area (Å²) in [4.78, 5) is 42.1. The van der Waals surface area contributed by atoms with Crippen molar-refractivity contribution >= 4 is 29.4 Å². The number of esters is 2. The second kappa shape index (κ2) is 12.4. The van der Waals surface area contributed by atoms with Gasteiger partial charge in [-0.2, -0.15) is 5.26 Å². The van der Waals surface area contributed by atoms with Gasteiger partial charge in [-0.05, 0) is 44.9 Å². The van der Waals surface area contributed by atoms with Gasteiger partial charge in [-0.25, -0.2) is 18.8 Å². The number of nitrogens with two attached hydrogens (primary N) is 1. The van der Waals surface area contributed by atoms with E-state index in [1.54, 1.807) is 56.0 Å². The van der Waals surface area contributed by atoms with Gasteiger partial charge in [0.15, 0.2) is 0 Å². The standard InChI is InChI=1S/C31H34FN5O6/c1-31(2,3)43-30(40)35-19-14-15-36(17-19)25-21(32)12-9-13-22(25)37-26(29(39)42-5)24(28(38)41-4)23(20(16-33)27(37)34)18-10-7-6-8-11-18/h6-13,19,23H,14-15,17,34H2,1-5H3,(H,35,40). The SMILES string of the molecule is COC(=O)C1=C(C(=O)OC)N(c2cccc(F)c2N2CCC(NC(=O)OC(C)(C)C)C2)C(N)=C(C#N)C1c1ccccc1. The third-order valence-electron chi connectivity index (χ3n) is 7.04. The molecule has 0 saturated carbocycles. The number of para-hydroxylation sites is 1. The van der Waals surface area contributed by atoms with Gasteiger partial charge in [0, 0.05) is 13.1 Å². The molecule has 0 radical (unpaired) electrons. The zero-order chi connectivity index (χ0) is 31.5. The number of alkyl carbamates (subject to hydrolysis) is 1. The van der Waals surface area contributed by atoms with Crippen molar-refractivity contribution in [2.24, 2.45) is 5.73 Å². The van der Waals surface area contributed by atoms with Gasteiger partial charge < -0.3 is 30.2 Å². The van der Waals surface area contributed by atoms with Crippen molar-refractivity contribution < 1.29 is 33.0 Å². The number of rotatable bonds is 6. The van der Waals surface area contributed by atoms with Gasteiger partial charge in [-0.3, -0.25) is 4.90 Å². The first kappa shape index (κ1) is 30.9. The smallest absolute Gasteiger partial charge is 0.407 e. The summed E-state index contributed by atoms with van der Waals surface area (Å²) >= 11 is 0. The Labute approximate surface area is 249 Å². The Kier molecular flexibility index (Phi) is 8.94. The van der Waals surface area contributed by atoms with Gasteiger partial charge in [0.1, 0.15) is 22.9 Å². The zero-order valence-electron chi connectivity index (χ0n) is 24.6. The average Bonchev–Trinajstić information content (AvgIpc) is 3.42. The molecule has 0 aliphatic carbocycles. The molecule has 12 heteroatoms. The Morgan fingerprint density at radius 3 is 2.33 bits per heavy atom. The number of nitrogens with one attached hydrogen (secondary N) is 1. The number of carbonyl (C=O) groups excluding carboxylic acids is 3. The van der Waals surface area contributed by atoms with E-state index in [0.717, 1.165) is 14.2 Å². The first-order valence-corrected chi connectivity index (χ1v) is 13.6. The van der Waals surface area contributed by atoms with Crippen LogP contribution in [-0.4, -0.2) is 57.0 Å². The van der Waals surface area contributed by atoms with E-state index in [2.05, 4.69) is 11.4 Å². The molecule has 2 aliphatic heterocycles. The highest BCUT2D eigenvalue weighted by Gasteiger charge is 2.44. The first-order chi connectivity index (χ1) is 20.4. The van der Waals surface area contributed by atoms with Crippen LogP contribution in [0.25, 0.3) is 0 Å². The molecule has 2 aromatic carbocycles. The van der Waals surface area contributed by atoms with Crippen LogP contribution in [0.4, 0.5) is 20.6 Å². The van der Waals surface area contributed by atoms with E-state index in [1.807, 2.05) is 0 Å². The fourth-order valence-corrected chi connectivity index (χ4v) is 5.32. The van der Waals surface area contributed by atoms with Gasteiger partial charge >= 0.3 is 18.0 Å². The van der Waals surface area contributed by atoms with E-state index in [0.29, 0.717) is 18.5 Å². The molecule has 2 heterocycles. The maximum atomic E-state index is 15.7. The second-order valence-electron chi connectivity index (χ2n) is 11.0. The number of hydrogen-bond acceptors (Lipinski definition) is 10. The molecule has 0 bridgehead atoms. The van der Waals surface area contributed by atoms with Crippen LogP contribution < -0.4 is 20.9 Å². The molecule has 2 aliphatic rings.